The van der Waals surface area contributed by atoms with Gasteiger partial charge in [-0.15, -0.1) is 0 Å². The Bertz CT molecular complexity index is 567. The highest BCUT2D eigenvalue weighted by Crippen LogP contribution is 2.23. The topological polar surface area (TPSA) is 101 Å². The van der Waals surface area contributed by atoms with Crippen LogP contribution in [0.3, 0.4) is 0 Å². The van der Waals surface area contributed by atoms with E-state index in [9.17, 15) is 9.59 Å². The summed E-state index contributed by atoms with van der Waals surface area (Å²) in [6.45, 7) is 7.75. The molecule has 7 nitrogen and oxygen atoms in total. The number of nitrogens with zero attached hydrogens (tertiary/aromatic N) is 2. The number of likely N-dealkylation sites (tertiary alicyclic amines) is 1. The van der Waals surface area contributed by atoms with Gasteiger partial charge in [-0.1, -0.05) is 12.1 Å². The number of rotatable bonds is 4. The molecule has 122 valence electrons. The summed E-state index contributed by atoms with van der Waals surface area (Å²) < 4.78 is 5.13. The van der Waals surface area contributed by atoms with Gasteiger partial charge in [0, 0.05) is 18.6 Å². The van der Waals surface area contributed by atoms with Gasteiger partial charge < -0.3 is 20.5 Å². The first-order chi connectivity index (χ1) is 10.3. The van der Waals surface area contributed by atoms with E-state index in [0.29, 0.717) is 36.4 Å². The fraction of sp³-hybridized carbons (Fsp3) is 0.667. The molecule has 0 spiro atoms. The number of carbonyl (C=O) groups excluding carboxylic acids is 2. The lowest BCUT2D eigenvalue weighted by Crippen LogP contribution is -2.47. The van der Waals surface area contributed by atoms with Crippen LogP contribution in [0, 0.1) is 6.92 Å². The third-order valence-corrected chi connectivity index (χ3v) is 3.81. The lowest BCUT2D eigenvalue weighted by molar-refractivity contribution is -0.125. The molecule has 0 radical (unpaired) electrons. The average Bonchev–Trinajstić information content (AvgIpc) is 3.00. The summed E-state index contributed by atoms with van der Waals surface area (Å²) in [5, 5.41) is 6.76. The van der Waals surface area contributed by atoms with Crippen LogP contribution >= 0.6 is 0 Å². The number of hydrogen-bond acceptors (Lipinski definition) is 5. The van der Waals surface area contributed by atoms with E-state index in [1.165, 1.54) is 0 Å². The molecule has 3 N–H and O–H groups in total. The van der Waals surface area contributed by atoms with Crippen LogP contribution in [-0.4, -0.2) is 46.5 Å². The molecule has 22 heavy (non-hydrogen) atoms. The Morgan fingerprint density at radius 3 is 2.77 bits per heavy atom. The minimum absolute atomic E-state index is 0.0183. The molecule has 0 aromatic carbocycles. The normalized spacial score (nSPS) is 21.5. The third kappa shape index (κ3) is 3.14. The zero-order valence-corrected chi connectivity index (χ0v) is 13.5. The summed E-state index contributed by atoms with van der Waals surface area (Å²) in [6.07, 6.45) is 1.07. The van der Waals surface area contributed by atoms with Crippen LogP contribution < -0.4 is 11.1 Å². The fourth-order valence-electron chi connectivity index (χ4n) is 2.80. The van der Waals surface area contributed by atoms with E-state index >= 15 is 0 Å². The van der Waals surface area contributed by atoms with Crippen LogP contribution in [0.1, 0.15) is 49.0 Å². The molecule has 1 saturated heterocycles. The van der Waals surface area contributed by atoms with E-state index in [4.69, 9.17) is 10.3 Å². The molecule has 0 bridgehead atoms. The summed E-state index contributed by atoms with van der Waals surface area (Å²) in [4.78, 5) is 26.7. The van der Waals surface area contributed by atoms with Crippen molar-refractivity contribution in [2.24, 2.45) is 5.73 Å². The van der Waals surface area contributed by atoms with Crippen LogP contribution in [-0.2, 0) is 11.2 Å². The van der Waals surface area contributed by atoms with Crippen LogP contribution in [0.15, 0.2) is 4.52 Å². The highest BCUT2D eigenvalue weighted by molar-refractivity contribution is 5.99. The number of amides is 2. The monoisotopic (exact) mass is 308 g/mol. The predicted octanol–water partition coefficient (Wildman–Crippen LogP) is 0.612. The molecule has 1 aromatic rings. The van der Waals surface area contributed by atoms with Gasteiger partial charge in [-0.2, -0.15) is 0 Å². The highest BCUT2D eigenvalue weighted by Gasteiger charge is 2.40. The quantitative estimate of drug-likeness (QED) is 0.848. The van der Waals surface area contributed by atoms with E-state index in [1.54, 1.807) is 11.8 Å². The maximum atomic E-state index is 12.8. The predicted molar refractivity (Wildman–Crippen MR) is 81.3 cm³/mol. The molecular weight excluding hydrogens is 284 g/mol. The first-order valence-electron chi connectivity index (χ1n) is 7.67. The molecule has 2 amide bonds. The maximum absolute atomic E-state index is 12.8. The number of hydrogen-bond donors (Lipinski definition) is 2. The van der Waals surface area contributed by atoms with Crippen molar-refractivity contribution in [3.05, 3.63) is 17.0 Å². The van der Waals surface area contributed by atoms with E-state index in [-0.39, 0.29) is 23.9 Å². The van der Waals surface area contributed by atoms with E-state index < -0.39 is 6.04 Å². The van der Waals surface area contributed by atoms with E-state index in [0.717, 1.165) is 0 Å². The van der Waals surface area contributed by atoms with Gasteiger partial charge in [0.2, 0.25) is 5.91 Å². The first kappa shape index (κ1) is 16.5. The van der Waals surface area contributed by atoms with Crippen molar-refractivity contribution in [3.8, 4) is 0 Å². The zero-order valence-electron chi connectivity index (χ0n) is 13.5. The Hall–Kier alpha value is -1.89. The van der Waals surface area contributed by atoms with Crippen LogP contribution in [0.25, 0.3) is 0 Å². The Kier molecular flexibility index (Phi) is 4.85. The average molecular weight is 308 g/mol. The SMILES string of the molecule is CCc1noc(C)c1C(=O)N1C[C@H](N)C[C@H]1C(=O)NC(C)C. The van der Waals surface area contributed by atoms with Gasteiger partial charge in [-0.3, -0.25) is 9.59 Å². The van der Waals surface area contributed by atoms with Crippen molar-refractivity contribution in [2.45, 2.75) is 58.7 Å². The van der Waals surface area contributed by atoms with Gasteiger partial charge in [0.15, 0.2) is 0 Å². The highest BCUT2D eigenvalue weighted by atomic mass is 16.5. The fourth-order valence-corrected chi connectivity index (χ4v) is 2.80. The molecular formula is C15H24N4O3. The molecule has 7 heteroatoms. The van der Waals surface area contributed by atoms with Crippen LogP contribution in [0.2, 0.25) is 0 Å². The second-order valence-electron chi connectivity index (χ2n) is 6.05. The number of aryl methyl sites for hydroxylation is 2. The van der Waals surface area contributed by atoms with Gasteiger partial charge >= 0.3 is 0 Å². The smallest absolute Gasteiger partial charge is 0.260 e. The van der Waals surface area contributed by atoms with Crippen LogP contribution in [0.5, 0.6) is 0 Å². The van der Waals surface area contributed by atoms with Crippen molar-refractivity contribution in [2.75, 3.05) is 6.54 Å². The maximum Gasteiger partial charge on any atom is 0.260 e. The summed E-state index contributed by atoms with van der Waals surface area (Å²) in [6, 6.07) is -0.717. The molecule has 0 saturated carbocycles. The Labute approximate surface area is 130 Å². The third-order valence-electron chi connectivity index (χ3n) is 3.81. The molecule has 2 atom stereocenters. The van der Waals surface area contributed by atoms with Gasteiger partial charge in [0.05, 0.1) is 5.69 Å². The molecule has 0 aliphatic carbocycles. The van der Waals surface area contributed by atoms with Crippen molar-refractivity contribution in [1.82, 2.24) is 15.4 Å². The van der Waals surface area contributed by atoms with E-state index in [2.05, 4.69) is 10.5 Å². The summed E-state index contributed by atoms with van der Waals surface area (Å²) in [5.74, 6) is 0.0845. The summed E-state index contributed by atoms with van der Waals surface area (Å²) in [7, 11) is 0. The van der Waals surface area contributed by atoms with Gasteiger partial charge in [0.25, 0.3) is 5.91 Å². The molecule has 0 unspecified atom stereocenters. The second-order valence-corrected chi connectivity index (χ2v) is 6.05. The minimum Gasteiger partial charge on any atom is -0.361 e. The molecule has 1 aliphatic heterocycles. The molecule has 2 rings (SSSR count). The van der Waals surface area contributed by atoms with Gasteiger partial charge in [-0.05, 0) is 33.6 Å². The number of carbonyl (C=O) groups is 2. The van der Waals surface area contributed by atoms with Crippen molar-refractivity contribution < 1.29 is 14.1 Å². The Morgan fingerprint density at radius 1 is 1.50 bits per heavy atom. The van der Waals surface area contributed by atoms with E-state index in [1.807, 2.05) is 20.8 Å². The van der Waals surface area contributed by atoms with Gasteiger partial charge in [-0.25, -0.2) is 0 Å². The number of nitrogens with two attached hydrogens (primary N) is 1. The molecule has 1 aliphatic rings. The number of aromatic nitrogens is 1. The second kappa shape index (κ2) is 6.48. The standard InChI is InChI=1S/C15H24N4O3/c1-5-11-13(9(4)22-18-11)15(21)19-7-10(16)6-12(19)14(20)17-8(2)3/h8,10,12H,5-7,16H2,1-4H3,(H,17,20)/t10-,12+/m1/s1. The van der Waals surface area contributed by atoms with Crippen LogP contribution in [0.4, 0.5) is 0 Å². The van der Waals surface area contributed by atoms with Gasteiger partial charge in [0.1, 0.15) is 17.4 Å². The summed E-state index contributed by atoms with van der Waals surface area (Å²) >= 11 is 0. The van der Waals surface area contributed by atoms with Crippen molar-refractivity contribution in [1.29, 1.82) is 0 Å². The lowest BCUT2D eigenvalue weighted by Gasteiger charge is -2.24. The zero-order chi connectivity index (χ0) is 16.4. The van der Waals surface area contributed by atoms with Crippen molar-refractivity contribution in [3.63, 3.8) is 0 Å². The first-order valence-corrected chi connectivity index (χ1v) is 7.67. The lowest BCUT2D eigenvalue weighted by atomic mass is 10.1. The minimum atomic E-state index is -0.538. The Morgan fingerprint density at radius 2 is 2.18 bits per heavy atom. The molecule has 1 aromatic heterocycles. The molecule has 1 fully saturated rings. The molecule has 2 heterocycles. The number of nitrogens with one attached hydrogen (secondary N) is 1. The Balaban J connectivity index is 2.26. The summed E-state index contributed by atoms with van der Waals surface area (Å²) in [5.41, 5.74) is 7.04. The largest absolute Gasteiger partial charge is 0.361 e. The van der Waals surface area contributed by atoms with Crippen molar-refractivity contribution >= 4 is 11.8 Å².